The van der Waals surface area contributed by atoms with Crippen molar-refractivity contribution in [2.45, 2.75) is 19.4 Å². The number of aromatic nitrogens is 3. The number of carbonyl (C=O) groups excluding carboxylic acids is 1. The van der Waals surface area contributed by atoms with E-state index in [1.165, 1.54) is 0 Å². The van der Waals surface area contributed by atoms with Gasteiger partial charge in [0.1, 0.15) is 0 Å². The molecule has 6 nitrogen and oxygen atoms in total. The van der Waals surface area contributed by atoms with Gasteiger partial charge in [-0.2, -0.15) is 5.10 Å². The van der Waals surface area contributed by atoms with E-state index in [1.54, 1.807) is 36.3 Å². The van der Waals surface area contributed by atoms with Gasteiger partial charge in [0, 0.05) is 37.1 Å². The van der Waals surface area contributed by atoms with Crippen LogP contribution in [0, 0.1) is 0 Å². The molecular formula is C12H17Cl2N5O. The van der Waals surface area contributed by atoms with Crippen LogP contribution >= 0.6 is 24.8 Å². The maximum Gasteiger partial charge on any atom is 0.227 e. The molecule has 2 aromatic rings. The van der Waals surface area contributed by atoms with Gasteiger partial charge in [0.15, 0.2) is 5.82 Å². The van der Waals surface area contributed by atoms with Gasteiger partial charge in [-0.15, -0.1) is 24.8 Å². The summed E-state index contributed by atoms with van der Waals surface area (Å²) in [7, 11) is 0. The number of nitrogens with one attached hydrogen (secondary N) is 1. The second kappa shape index (κ2) is 8.52. The lowest BCUT2D eigenvalue weighted by Crippen LogP contribution is -2.24. The molecule has 8 heteroatoms. The normalized spacial score (nSPS) is 10.9. The number of rotatable bonds is 4. The molecule has 2 aromatic heterocycles. The Bertz CT molecular complexity index is 530. The molecule has 2 heterocycles. The molecule has 2 rings (SSSR count). The fourth-order valence-electron chi connectivity index (χ4n) is 1.52. The smallest absolute Gasteiger partial charge is 0.227 e. The molecule has 0 radical (unpaired) electrons. The third-order valence-electron chi connectivity index (χ3n) is 2.29. The van der Waals surface area contributed by atoms with Crippen LogP contribution in [0.1, 0.15) is 13.3 Å². The van der Waals surface area contributed by atoms with Crippen LogP contribution in [0.15, 0.2) is 36.8 Å². The summed E-state index contributed by atoms with van der Waals surface area (Å²) in [5, 5.41) is 6.94. The van der Waals surface area contributed by atoms with E-state index >= 15 is 0 Å². The van der Waals surface area contributed by atoms with Gasteiger partial charge in [0.2, 0.25) is 5.91 Å². The van der Waals surface area contributed by atoms with Crippen LogP contribution in [0.3, 0.4) is 0 Å². The zero-order chi connectivity index (χ0) is 13.0. The fourth-order valence-corrected chi connectivity index (χ4v) is 1.52. The highest BCUT2D eigenvalue weighted by Gasteiger charge is 2.07. The van der Waals surface area contributed by atoms with Crippen LogP contribution in [0.4, 0.5) is 5.82 Å². The Hall–Kier alpha value is -1.63. The summed E-state index contributed by atoms with van der Waals surface area (Å²) in [6, 6.07) is 5.24. The number of hydrogen-bond donors (Lipinski definition) is 2. The molecule has 0 fully saturated rings. The van der Waals surface area contributed by atoms with E-state index in [2.05, 4.69) is 15.4 Å². The Morgan fingerprint density at radius 2 is 2.00 bits per heavy atom. The van der Waals surface area contributed by atoms with Crippen LogP contribution in [0.2, 0.25) is 0 Å². The summed E-state index contributed by atoms with van der Waals surface area (Å²) in [5.41, 5.74) is 6.44. The van der Waals surface area contributed by atoms with Crippen molar-refractivity contribution in [3.63, 3.8) is 0 Å². The molecule has 0 aromatic carbocycles. The summed E-state index contributed by atoms with van der Waals surface area (Å²) >= 11 is 0. The Kier molecular flexibility index (Phi) is 7.83. The average molecular weight is 318 g/mol. The van der Waals surface area contributed by atoms with E-state index in [9.17, 15) is 4.79 Å². The predicted octanol–water partition coefficient (Wildman–Crippen LogP) is 1.79. The van der Waals surface area contributed by atoms with E-state index < -0.39 is 0 Å². The molecule has 0 saturated carbocycles. The highest BCUT2D eigenvalue weighted by molar-refractivity contribution is 5.90. The summed E-state index contributed by atoms with van der Waals surface area (Å²) in [4.78, 5) is 15.5. The van der Waals surface area contributed by atoms with Gasteiger partial charge in [-0.3, -0.25) is 9.78 Å². The molecule has 20 heavy (non-hydrogen) atoms. The average Bonchev–Trinajstić information content (AvgIpc) is 2.77. The van der Waals surface area contributed by atoms with E-state index in [4.69, 9.17) is 5.73 Å². The van der Waals surface area contributed by atoms with Gasteiger partial charge in [-0.1, -0.05) is 0 Å². The fraction of sp³-hybridized carbons (Fsp3) is 0.250. The first-order valence-electron chi connectivity index (χ1n) is 5.66. The predicted molar refractivity (Wildman–Crippen MR) is 82.8 cm³/mol. The van der Waals surface area contributed by atoms with Gasteiger partial charge in [-0.05, 0) is 19.1 Å². The number of hydrogen-bond acceptors (Lipinski definition) is 4. The van der Waals surface area contributed by atoms with Crippen LogP contribution in [0.5, 0.6) is 0 Å². The molecule has 1 amide bonds. The highest BCUT2D eigenvalue weighted by Crippen LogP contribution is 2.09. The molecule has 0 aliphatic heterocycles. The maximum atomic E-state index is 11.5. The molecule has 0 saturated heterocycles. The van der Waals surface area contributed by atoms with Gasteiger partial charge in [0.05, 0.1) is 5.69 Å². The van der Waals surface area contributed by atoms with Gasteiger partial charge >= 0.3 is 0 Å². The quantitative estimate of drug-likeness (QED) is 0.900. The summed E-state index contributed by atoms with van der Waals surface area (Å²) in [5.74, 6) is 0.377. The number of anilines is 1. The number of amides is 1. The van der Waals surface area contributed by atoms with Crippen molar-refractivity contribution in [1.82, 2.24) is 14.8 Å². The molecule has 0 spiro atoms. The lowest BCUT2D eigenvalue weighted by molar-refractivity contribution is -0.116. The molecule has 0 aliphatic rings. The molecule has 1 unspecified atom stereocenters. The SMILES string of the molecule is CC(N)CC(=O)Nc1ccn(-c2ccncc2)n1.Cl.Cl. The first-order chi connectivity index (χ1) is 8.65. The van der Waals surface area contributed by atoms with Crippen molar-refractivity contribution in [3.8, 4) is 5.69 Å². The number of halogens is 2. The summed E-state index contributed by atoms with van der Waals surface area (Å²) in [6.45, 7) is 1.79. The van der Waals surface area contributed by atoms with Crippen molar-refractivity contribution in [2.24, 2.45) is 5.73 Å². The minimum absolute atomic E-state index is 0. The van der Waals surface area contributed by atoms with E-state index in [0.29, 0.717) is 5.82 Å². The van der Waals surface area contributed by atoms with Crippen LogP contribution in [-0.4, -0.2) is 26.7 Å². The number of nitrogens with two attached hydrogens (primary N) is 1. The first kappa shape index (κ1) is 18.4. The molecule has 110 valence electrons. The lowest BCUT2D eigenvalue weighted by atomic mass is 10.2. The Morgan fingerprint density at radius 3 is 2.60 bits per heavy atom. The standard InChI is InChI=1S/C12H15N5O.2ClH/c1-9(13)8-12(18)15-11-4-7-17(16-11)10-2-5-14-6-3-10;;/h2-7,9H,8,13H2,1H3,(H,15,16,18);2*1H. The van der Waals surface area contributed by atoms with Crippen molar-refractivity contribution in [1.29, 1.82) is 0 Å². The highest BCUT2D eigenvalue weighted by atomic mass is 35.5. The third kappa shape index (κ3) is 5.16. The number of carbonyl (C=O) groups is 1. The van der Waals surface area contributed by atoms with Gasteiger partial charge < -0.3 is 11.1 Å². The van der Waals surface area contributed by atoms with Crippen molar-refractivity contribution in [2.75, 3.05) is 5.32 Å². The second-order valence-electron chi connectivity index (χ2n) is 4.08. The van der Waals surface area contributed by atoms with Crippen molar-refractivity contribution < 1.29 is 4.79 Å². The summed E-state index contributed by atoms with van der Waals surface area (Å²) < 4.78 is 1.67. The van der Waals surface area contributed by atoms with Crippen molar-refractivity contribution in [3.05, 3.63) is 36.8 Å². The maximum absolute atomic E-state index is 11.5. The molecule has 0 bridgehead atoms. The minimum atomic E-state index is -0.160. The van der Waals surface area contributed by atoms with E-state index in [0.717, 1.165) is 5.69 Å². The number of pyridine rings is 1. The molecule has 1 atom stereocenters. The van der Waals surface area contributed by atoms with Crippen LogP contribution < -0.4 is 11.1 Å². The van der Waals surface area contributed by atoms with Crippen LogP contribution in [0.25, 0.3) is 5.69 Å². The first-order valence-corrected chi connectivity index (χ1v) is 5.66. The monoisotopic (exact) mass is 317 g/mol. The minimum Gasteiger partial charge on any atom is -0.327 e. The molecule has 3 N–H and O–H groups in total. The Balaban J connectivity index is 0.00000180. The summed E-state index contributed by atoms with van der Waals surface area (Å²) in [6.07, 6.45) is 5.43. The van der Waals surface area contributed by atoms with E-state index in [-0.39, 0.29) is 43.2 Å². The largest absolute Gasteiger partial charge is 0.327 e. The Morgan fingerprint density at radius 1 is 1.35 bits per heavy atom. The Labute approximate surface area is 129 Å². The van der Waals surface area contributed by atoms with Crippen molar-refractivity contribution >= 4 is 36.5 Å². The third-order valence-corrected chi connectivity index (χ3v) is 2.29. The van der Waals surface area contributed by atoms with E-state index in [1.807, 2.05) is 12.1 Å². The number of nitrogens with zero attached hydrogens (tertiary/aromatic N) is 3. The molecule has 0 aliphatic carbocycles. The topological polar surface area (TPSA) is 85.8 Å². The second-order valence-corrected chi connectivity index (χ2v) is 4.08. The van der Waals surface area contributed by atoms with Crippen LogP contribution in [-0.2, 0) is 4.79 Å². The molecular weight excluding hydrogens is 301 g/mol. The lowest BCUT2D eigenvalue weighted by Gasteiger charge is -2.04. The zero-order valence-electron chi connectivity index (χ0n) is 10.9. The van der Waals surface area contributed by atoms with Gasteiger partial charge in [0.25, 0.3) is 0 Å². The van der Waals surface area contributed by atoms with Gasteiger partial charge in [-0.25, -0.2) is 4.68 Å². The zero-order valence-corrected chi connectivity index (χ0v) is 12.5.